The molecule has 0 unspecified atom stereocenters. The lowest BCUT2D eigenvalue weighted by Gasteiger charge is -2.16. The SMILES string of the molecule is Cc1ccc(S(=O)(=O)O/C(=C\C2CCCC2)c2cc3cc(C(F)(F)F)cnc3n2S(=O)(=O)c2ccccc2)cc1. The van der Waals surface area contributed by atoms with Crippen LogP contribution in [0.15, 0.2) is 88.8 Å². The molecule has 2 heterocycles. The van der Waals surface area contributed by atoms with Crippen LogP contribution in [0.5, 0.6) is 0 Å². The number of aryl methyl sites for hydroxylation is 1. The van der Waals surface area contributed by atoms with Crippen molar-refractivity contribution in [3.05, 3.63) is 95.8 Å². The maximum absolute atomic E-state index is 13.9. The molecular formula is C28H25F3N2O5S2. The predicted molar refractivity (Wildman–Crippen MR) is 143 cm³/mol. The third-order valence-electron chi connectivity index (χ3n) is 6.76. The highest BCUT2D eigenvalue weighted by molar-refractivity contribution is 7.90. The Morgan fingerprint density at radius 1 is 0.950 bits per heavy atom. The van der Waals surface area contributed by atoms with E-state index >= 15 is 0 Å². The molecular weight excluding hydrogens is 565 g/mol. The largest absolute Gasteiger partial charge is 0.417 e. The number of benzene rings is 2. The average molecular weight is 591 g/mol. The molecule has 5 rings (SSSR count). The summed E-state index contributed by atoms with van der Waals surface area (Å²) in [7, 11) is -8.89. The molecule has 1 aliphatic rings. The molecule has 0 saturated heterocycles. The quantitative estimate of drug-likeness (QED) is 0.179. The van der Waals surface area contributed by atoms with Crippen LogP contribution in [0.25, 0.3) is 16.8 Å². The molecule has 1 aliphatic carbocycles. The second-order valence-corrected chi connectivity index (χ2v) is 13.0. The predicted octanol–water partition coefficient (Wildman–Crippen LogP) is 6.54. The van der Waals surface area contributed by atoms with Crippen molar-refractivity contribution in [1.82, 2.24) is 8.96 Å². The van der Waals surface area contributed by atoms with E-state index in [1.807, 2.05) is 0 Å². The molecule has 12 heteroatoms. The maximum Gasteiger partial charge on any atom is 0.417 e. The highest BCUT2D eigenvalue weighted by Crippen LogP contribution is 2.37. The van der Waals surface area contributed by atoms with E-state index in [-0.39, 0.29) is 38.2 Å². The van der Waals surface area contributed by atoms with Gasteiger partial charge in [0.05, 0.1) is 10.5 Å². The van der Waals surface area contributed by atoms with Gasteiger partial charge < -0.3 is 4.18 Å². The maximum atomic E-state index is 13.9. The van der Waals surface area contributed by atoms with E-state index in [4.69, 9.17) is 4.18 Å². The van der Waals surface area contributed by atoms with Gasteiger partial charge in [-0.15, -0.1) is 0 Å². The molecule has 0 amide bonds. The van der Waals surface area contributed by atoms with Gasteiger partial charge in [-0.05, 0) is 68.2 Å². The summed E-state index contributed by atoms with van der Waals surface area (Å²) in [6.07, 6.45) is 0.596. The zero-order valence-electron chi connectivity index (χ0n) is 21.3. The Bertz CT molecular complexity index is 1790. The molecule has 2 aromatic carbocycles. The fraction of sp³-hybridized carbons (Fsp3) is 0.250. The zero-order valence-corrected chi connectivity index (χ0v) is 22.9. The van der Waals surface area contributed by atoms with Crippen LogP contribution in [-0.2, 0) is 30.5 Å². The Morgan fingerprint density at radius 3 is 2.23 bits per heavy atom. The molecule has 7 nitrogen and oxygen atoms in total. The van der Waals surface area contributed by atoms with Crippen molar-refractivity contribution < 1.29 is 34.2 Å². The van der Waals surface area contributed by atoms with Gasteiger partial charge in [-0.3, -0.25) is 0 Å². The van der Waals surface area contributed by atoms with E-state index in [9.17, 15) is 30.0 Å². The van der Waals surface area contributed by atoms with E-state index in [1.165, 1.54) is 42.5 Å². The molecule has 1 fully saturated rings. The fourth-order valence-electron chi connectivity index (χ4n) is 4.70. The zero-order chi connectivity index (χ0) is 28.7. The number of halogens is 3. The monoisotopic (exact) mass is 590 g/mol. The molecule has 2 aromatic heterocycles. The highest BCUT2D eigenvalue weighted by Gasteiger charge is 2.34. The number of allylic oxidation sites excluding steroid dienone is 1. The molecule has 210 valence electrons. The average Bonchev–Trinajstić information content (AvgIpc) is 3.56. The number of pyridine rings is 1. The Hall–Kier alpha value is -3.64. The van der Waals surface area contributed by atoms with Gasteiger partial charge in [-0.1, -0.05) is 48.7 Å². The van der Waals surface area contributed by atoms with E-state index in [0.717, 1.165) is 41.3 Å². The minimum Gasteiger partial charge on any atom is -0.377 e. The van der Waals surface area contributed by atoms with Gasteiger partial charge in [0.15, 0.2) is 11.4 Å². The number of rotatable bonds is 7. The Morgan fingerprint density at radius 2 is 1.60 bits per heavy atom. The van der Waals surface area contributed by atoms with E-state index in [0.29, 0.717) is 6.20 Å². The second kappa shape index (κ2) is 10.4. The summed E-state index contributed by atoms with van der Waals surface area (Å²) in [5.41, 5.74) is -0.787. The summed E-state index contributed by atoms with van der Waals surface area (Å²) < 4.78 is 101. The molecule has 0 spiro atoms. The Labute approximate surface area is 230 Å². The number of hydrogen-bond acceptors (Lipinski definition) is 6. The lowest BCUT2D eigenvalue weighted by molar-refractivity contribution is -0.137. The molecule has 0 N–H and O–H groups in total. The van der Waals surface area contributed by atoms with E-state index < -0.39 is 31.9 Å². The normalized spacial score (nSPS) is 15.6. The third-order valence-corrected chi connectivity index (χ3v) is 9.72. The smallest absolute Gasteiger partial charge is 0.377 e. The summed E-state index contributed by atoms with van der Waals surface area (Å²) in [6, 6.07) is 15.2. The topological polar surface area (TPSA) is 95.3 Å². The first kappa shape index (κ1) is 27.9. The lowest BCUT2D eigenvalue weighted by atomic mass is 10.1. The molecule has 0 aliphatic heterocycles. The van der Waals surface area contributed by atoms with Gasteiger partial charge in [-0.2, -0.15) is 21.6 Å². The standard InChI is InChI=1S/C28H25F3N2O5S2/c1-19-11-13-24(14-12-19)40(36,37)38-26(15-20-7-5-6-8-20)25-17-21-16-22(28(29,30)31)18-32-27(21)33(25)39(34,35)23-9-3-2-4-10-23/h2-4,9-18,20H,5-8H2,1H3/b26-15-. The van der Waals surface area contributed by atoms with Crippen molar-refractivity contribution >= 4 is 36.9 Å². The molecule has 40 heavy (non-hydrogen) atoms. The summed E-state index contributed by atoms with van der Waals surface area (Å²) in [4.78, 5) is 3.56. The van der Waals surface area contributed by atoms with Crippen molar-refractivity contribution in [3.8, 4) is 0 Å². The first-order chi connectivity index (χ1) is 18.9. The van der Waals surface area contributed by atoms with Crippen molar-refractivity contribution in [3.63, 3.8) is 0 Å². The van der Waals surface area contributed by atoms with Gasteiger partial charge >= 0.3 is 16.3 Å². The number of alkyl halides is 3. The Kier molecular flexibility index (Phi) is 7.26. The minimum absolute atomic E-state index is 0.118. The van der Waals surface area contributed by atoms with Crippen LogP contribution in [0.1, 0.15) is 42.5 Å². The number of aromatic nitrogens is 2. The van der Waals surface area contributed by atoms with Crippen molar-refractivity contribution in [2.75, 3.05) is 0 Å². The first-order valence-corrected chi connectivity index (χ1v) is 15.3. The molecule has 0 atom stereocenters. The number of fused-ring (bicyclic) bond motifs is 1. The van der Waals surface area contributed by atoms with Crippen LogP contribution in [0.3, 0.4) is 0 Å². The summed E-state index contributed by atoms with van der Waals surface area (Å²) in [6.45, 7) is 1.79. The van der Waals surface area contributed by atoms with Crippen LogP contribution in [0.4, 0.5) is 13.2 Å². The fourth-order valence-corrected chi connectivity index (χ4v) is 7.14. The molecule has 0 radical (unpaired) electrons. The van der Waals surface area contributed by atoms with Crippen molar-refractivity contribution in [1.29, 1.82) is 0 Å². The van der Waals surface area contributed by atoms with E-state index in [1.54, 1.807) is 31.2 Å². The van der Waals surface area contributed by atoms with Crippen LogP contribution in [0, 0.1) is 12.8 Å². The van der Waals surface area contributed by atoms with Gasteiger partial charge in [-0.25, -0.2) is 17.4 Å². The van der Waals surface area contributed by atoms with Crippen LogP contribution in [0.2, 0.25) is 0 Å². The van der Waals surface area contributed by atoms with Crippen LogP contribution in [-0.4, -0.2) is 25.8 Å². The minimum atomic E-state index is -4.73. The van der Waals surface area contributed by atoms with Crippen molar-refractivity contribution in [2.45, 2.75) is 48.6 Å². The number of nitrogens with zero attached hydrogens (tertiary/aromatic N) is 2. The van der Waals surface area contributed by atoms with Gasteiger partial charge in [0.1, 0.15) is 10.6 Å². The Balaban J connectivity index is 1.76. The van der Waals surface area contributed by atoms with Crippen LogP contribution < -0.4 is 0 Å². The lowest BCUT2D eigenvalue weighted by Crippen LogP contribution is -2.18. The number of hydrogen-bond donors (Lipinski definition) is 0. The van der Waals surface area contributed by atoms with Gasteiger partial charge in [0.2, 0.25) is 0 Å². The molecule has 0 bridgehead atoms. The third kappa shape index (κ3) is 5.50. The van der Waals surface area contributed by atoms with Gasteiger partial charge in [0, 0.05) is 11.6 Å². The van der Waals surface area contributed by atoms with Crippen molar-refractivity contribution in [2.24, 2.45) is 5.92 Å². The van der Waals surface area contributed by atoms with E-state index in [2.05, 4.69) is 4.98 Å². The van der Waals surface area contributed by atoms with Gasteiger partial charge in [0.25, 0.3) is 10.0 Å². The highest BCUT2D eigenvalue weighted by atomic mass is 32.2. The second-order valence-electron chi connectivity index (χ2n) is 9.67. The summed E-state index contributed by atoms with van der Waals surface area (Å²) in [5.74, 6) is -0.411. The summed E-state index contributed by atoms with van der Waals surface area (Å²) >= 11 is 0. The first-order valence-electron chi connectivity index (χ1n) is 12.5. The molecule has 1 saturated carbocycles. The molecule has 4 aromatic rings. The summed E-state index contributed by atoms with van der Waals surface area (Å²) in [5, 5.41) is -0.141. The van der Waals surface area contributed by atoms with Crippen LogP contribution >= 0.6 is 0 Å².